The largest absolute Gasteiger partial charge is 0.469 e. The number of aliphatic hydroxyl groups excluding tert-OH is 2. The second kappa shape index (κ2) is 6.81. The van der Waals surface area contributed by atoms with E-state index in [2.05, 4.69) is 14.5 Å². The lowest BCUT2D eigenvalue weighted by Crippen LogP contribution is -2.23. The van der Waals surface area contributed by atoms with E-state index in [1.807, 2.05) is 0 Å². The van der Waals surface area contributed by atoms with Crippen LogP contribution < -0.4 is 0 Å². The Kier molecular flexibility index (Phi) is 5.40. The van der Waals surface area contributed by atoms with Gasteiger partial charge in [0, 0.05) is 6.20 Å². The van der Waals surface area contributed by atoms with Crippen LogP contribution >= 0.6 is 0 Å². The van der Waals surface area contributed by atoms with E-state index in [-0.39, 0.29) is 17.7 Å². The minimum Gasteiger partial charge on any atom is -0.469 e. The number of methoxy groups -OCH3 is 2. The maximum Gasteiger partial charge on any atom is 0.339 e. The summed E-state index contributed by atoms with van der Waals surface area (Å²) in [5, 5.41) is 19.4. The van der Waals surface area contributed by atoms with E-state index in [0.717, 1.165) is 0 Å². The van der Waals surface area contributed by atoms with E-state index in [1.54, 1.807) is 0 Å². The van der Waals surface area contributed by atoms with Gasteiger partial charge in [-0.15, -0.1) is 0 Å². The minimum absolute atomic E-state index is 0.143. The van der Waals surface area contributed by atoms with Crippen LogP contribution in [0.25, 0.3) is 0 Å². The molecule has 0 spiro atoms. The number of pyridine rings is 1. The molecule has 1 aromatic rings. The first-order valence-electron chi connectivity index (χ1n) is 5.46. The molecule has 0 bridgehead atoms. The number of aliphatic hydroxyl groups is 2. The molecule has 0 saturated heterocycles. The molecule has 0 aliphatic rings. The molecule has 2 N–H and O–H groups in total. The first-order valence-corrected chi connectivity index (χ1v) is 5.46. The number of esters is 2. The molecule has 19 heavy (non-hydrogen) atoms. The Bertz CT molecular complexity index is 444. The zero-order chi connectivity index (χ0) is 14.4. The maximum absolute atomic E-state index is 11.2. The van der Waals surface area contributed by atoms with Crippen molar-refractivity contribution in [3.8, 4) is 0 Å². The molecule has 0 saturated carbocycles. The Balaban J connectivity index is 2.74. The predicted molar refractivity (Wildman–Crippen MR) is 63.2 cm³/mol. The lowest BCUT2D eigenvalue weighted by atomic mass is 10.1. The Morgan fingerprint density at radius 3 is 2.42 bits per heavy atom. The van der Waals surface area contributed by atoms with Gasteiger partial charge in [0.25, 0.3) is 0 Å². The molecule has 1 heterocycles. The molecule has 0 aromatic carbocycles. The van der Waals surface area contributed by atoms with Crippen molar-refractivity contribution in [3.05, 3.63) is 29.6 Å². The van der Waals surface area contributed by atoms with Gasteiger partial charge in [0.1, 0.15) is 6.10 Å². The molecule has 1 aromatic heterocycles. The van der Waals surface area contributed by atoms with E-state index >= 15 is 0 Å². The van der Waals surface area contributed by atoms with Crippen molar-refractivity contribution in [1.82, 2.24) is 4.98 Å². The van der Waals surface area contributed by atoms with Gasteiger partial charge in [-0.1, -0.05) is 0 Å². The number of hydrogen-bond acceptors (Lipinski definition) is 7. The predicted octanol–water partition coefficient (Wildman–Crippen LogP) is -0.174. The van der Waals surface area contributed by atoms with Crippen LogP contribution in [0.2, 0.25) is 0 Å². The lowest BCUT2D eigenvalue weighted by molar-refractivity contribution is -0.144. The summed E-state index contributed by atoms with van der Waals surface area (Å²) in [5.74, 6) is -1.19. The highest BCUT2D eigenvalue weighted by atomic mass is 16.5. The summed E-state index contributed by atoms with van der Waals surface area (Å²) in [6.07, 6.45) is -1.80. The molecule has 0 aliphatic carbocycles. The van der Waals surface area contributed by atoms with Crippen molar-refractivity contribution in [2.75, 3.05) is 14.2 Å². The van der Waals surface area contributed by atoms with Crippen LogP contribution in [0.15, 0.2) is 18.3 Å². The highest BCUT2D eigenvalue weighted by Crippen LogP contribution is 2.17. The summed E-state index contributed by atoms with van der Waals surface area (Å²) in [6, 6.07) is 2.78. The van der Waals surface area contributed by atoms with Crippen LogP contribution in [0.1, 0.15) is 28.6 Å². The summed E-state index contributed by atoms with van der Waals surface area (Å²) < 4.78 is 8.88. The van der Waals surface area contributed by atoms with Crippen molar-refractivity contribution in [1.29, 1.82) is 0 Å². The van der Waals surface area contributed by atoms with Gasteiger partial charge >= 0.3 is 11.9 Å². The second-order valence-corrected chi connectivity index (χ2v) is 3.76. The first-order chi connectivity index (χ1) is 8.99. The lowest BCUT2D eigenvalue weighted by Gasteiger charge is -2.16. The zero-order valence-electron chi connectivity index (χ0n) is 10.6. The average molecular weight is 269 g/mol. The van der Waals surface area contributed by atoms with Crippen molar-refractivity contribution in [2.45, 2.75) is 18.6 Å². The van der Waals surface area contributed by atoms with E-state index in [9.17, 15) is 19.8 Å². The normalized spacial score (nSPS) is 13.5. The quantitative estimate of drug-likeness (QED) is 0.714. The van der Waals surface area contributed by atoms with E-state index in [1.165, 1.54) is 32.5 Å². The molecule has 104 valence electrons. The van der Waals surface area contributed by atoms with Crippen LogP contribution in [0.4, 0.5) is 0 Å². The van der Waals surface area contributed by atoms with Crippen molar-refractivity contribution in [3.63, 3.8) is 0 Å². The zero-order valence-corrected chi connectivity index (χ0v) is 10.6. The van der Waals surface area contributed by atoms with Gasteiger partial charge in [0.15, 0.2) is 0 Å². The fourth-order valence-electron chi connectivity index (χ4n) is 1.38. The van der Waals surface area contributed by atoms with E-state index < -0.39 is 24.1 Å². The molecule has 0 radical (unpaired) electrons. The number of rotatable bonds is 5. The van der Waals surface area contributed by atoms with Gasteiger partial charge in [0.2, 0.25) is 0 Å². The number of hydrogen-bond donors (Lipinski definition) is 2. The molecular formula is C12H15NO6. The number of aromatic nitrogens is 1. The monoisotopic (exact) mass is 269 g/mol. The summed E-state index contributed by atoms with van der Waals surface area (Å²) in [7, 11) is 2.43. The molecule has 2 unspecified atom stereocenters. The van der Waals surface area contributed by atoms with Gasteiger partial charge in [-0.2, -0.15) is 0 Å². The summed E-state index contributed by atoms with van der Waals surface area (Å²) in [4.78, 5) is 26.0. The second-order valence-electron chi connectivity index (χ2n) is 3.76. The van der Waals surface area contributed by atoms with Crippen LogP contribution in [0.3, 0.4) is 0 Å². The first kappa shape index (κ1) is 15.1. The van der Waals surface area contributed by atoms with Crippen LogP contribution in [0.5, 0.6) is 0 Å². The van der Waals surface area contributed by atoms with Crippen LogP contribution in [0, 0.1) is 0 Å². The highest BCUT2D eigenvalue weighted by molar-refractivity contribution is 5.88. The third kappa shape index (κ3) is 4.01. The molecule has 0 amide bonds. The molecular weight excluding hydrogens is 254 g/mol. The topological polar surface area (TPSA) is 106 Å². The SMILES string of the molecule is COC(=O)CC(O)C(O)c1ccc(C(=O)OC)cn1. The Labute approximate surface area is 109 Å². The number of nitrogens with zero attached hydrogens (tertiary/aromatic N) is 1. The summed E-state index contributed by atoms with van der Waals surface area (Å²) in [6.45, 7) is 0. The van der Waals surface area contributed by atoms with Crippen LogP contribution in [-0.4, -0.2) is 47.5 Å². The molecule has 0 fully saturated rings. The standard InChI is InChI=1S/C12H15NO6/c1-18-10(15)5-9(14)11(16)8-4-3-7(6-13-8)12(17)19-2/h3-4,6,9,11,14,16H,5H2,1-2H3. The van der Waals surface area contributed by atoms with E-state index in [4.69, 9.17) is 0 Å². The number of ether oxygens (including phenoxy) is 2. The molecule has 2 atom stereocenters. The van der Waals surface area contributed by atoms with Gasteiger partial charge in [-0.05, 0) is 12.1 Å². The summed E-state index contributed by atoms with van der Waals surface area (Å²) in [5.41, 5.74) is 0.366. The minimum atomic E-state index is -1.34. The van der Waals surface area contributed by atoms with Crippen molar-refractivity contribution < 1.29 is 29.3 Å². The summed E-state index contributed by atoms with van der Waals surface area (Å²) >= 11 is 0. The maximum atomic E-state index is 11.2. The highest BCUT2D eigenvalue weighted by Gasteiger charge is 2.23. The van der Waals surface area contributed by atoms with Gasteiger partial charge < -0.3 is 19.7 Å². The van der Waals surface area contributed by atoms with Gasteiger partial charge in [-0.3, -0.25) is 9.78 Å². The fraction of sp³-hybridized carbons (Fsp3) is 0.417. The van der Waals surface area contributed by atoms with Gasteiger partial charge in [-0.25, -0.2) is 4.79 Å². The van der Waals surface area contributed by atoms with Crippen LogP contribution in [-0.2, 0) is 14.3 Å². The number of carbonyl (C=O) groups excluding carboxylic acids is 2. The fourth-order valence-corrected chi connectivity index (χ4v) is 1.38. The Morgan fingerprint density at radius 1 is 1.26 bits per heavy atom. The third-order valence-electron chi connectivity index (χ3n) is 2.48. The molecule has 0 aliphatic heterocycles. The third-order valence-corrected chi connectivity index (χ3v) is 2.48. The number of carbonyl (C=O) groups is 2. The Hall–Kier alpha value is -1.99. The average Bonchev–Trinajstić information content (AvgIpc) is 2.45. The van der Waals surface area contributed by atoms with E-state index in [0.29, 0.717) is 0 Å². The van der Waals surface area contributed by atoms with Crippen molar-refractivity contribution in [2.24, 2.45) is 0 Å². The Morgan fingerprint density at radius 2 is 1.95 bits per heavy atom. The smallest absolute Gasteiger partial charge is 0.339 e. The van der Waals surface area contributed by atoms with Crippen molar-refractivity contribution >= 4 is 11.9 Å². The molecule has 7 heteroatoms. The molecule has 1 rings (SSSR count). The van der Waals surface area contributed by atoms with Gasteiger partial charge in [0.05, 0.1) is 38.0 Å². The molecule has 7 nitrogen and oxygen atoms in total.